The molecule has 168 valence electrons. The number of carbonyl (C=O) groups is 1. The molecule has 5 rings (SSSR count). The summed E-state index contributed by atoms with van der Waals surface area (Å²) in [6, 6.07) is 21.5. The van der Waals surface area contributed by atoms with Crippen LogP contribution in [0.15, 0.2) is 72.8 Å². The summed E-state index contributed by atoms with van der Waals surface area (Å²) < 4.78 is 21.8. The fourth-order valence-electron chi connectivity index (χ4n) is 4.36. The SMILES string of the molecule is O=C1CC(c2nc3ccccc3n2CCCOc2ccc(Cl)cc2)CN1c1cccc(F)c1. The number of ether oxygens (including phenoxy) is 1. The Balaban J connectivity index is 1.34. The zero-order chi connectivity index (χ0) is 22.8. The van der Waals surface area contributed by atoms with Gasteiger partial charge in [-0.1, -0.05) is 29.8 Å². The number of halogens is 2. The van der Waals surface area contributed by atoms with Crippen LogP contribution < -0.4 is 9.64 Å². The van der Waals surface area contributed by atoms with E-state index >= 15 is 0 Å². The number of hydrogen-bond acceptors (Lipinski definition) is 3. The van der Waals surface area contributed by atoms with E-state index < -0.39 is 0 Å². The predicted molar refractivity (Wildman–Crippen MR) is 127 cm³/mol. The lowest BCUT2D eigenvalue weighted by atomic mass is 10.1. The molecular formula is C26H23ClFN3O2. The molecule has 0 bridgehead atoms. The molecule has 0 aliphatic carbocycles. The van der Waals surface area contributed by atoms with E-state index in [0.29, 0.717) is 36.8 Å². The molecule has 1 aliphatic heterocycles. The van der Waals surface area contributed by atoms with Gasteiger partial charge in [-0.25, -0.2) is 9.37 Å². The lowest BCUT2D eigenvalue weighted by Crippen LogP contribution is -2.24. The molecule has 1 saturated heterocycles. The highest BCUT2D eigenvalue weighted by atomic mass is 35.5. The highest BCUT2D eigenvalue weighted by molar-refractivity contribution is 6.30. The number of fused-ring (bicyclic) bond motifs is 1. The molecule has 0 spiro atoms. The highest BCUT2D eigenvalue weighted by Gasteiger charge is 2.34. The van der Waals surface area contributed by atoms with E-state index in [9.17, 15) is 9.18 Å². The van der Waals surface area contributed by atoms with Gasteiger partial charge >= 0.3 is 0 Å². The summed E-state index contributed by atoms with van der Waals surface area (Å²) in [7, 11) is 0. The van der Waals surface area contributed by atoms with Crippen molar-refractivity contribution in [3.05, 3.63) is 89.5 Å². The van der Waals surface area contributed by atoms with Crippen molar-refractivity contribution in [3.8, 4) is 5.75 Å². The second-order valence-corrected chi connectivity index (χ2v) is 8.59. The number of hydrogen-bond donors (Lipinski definition) is 0. The Hall–Kier alpha value is -3.38. The number of benzene rings is 3. The molecule has 4 aromatic rings. The normalized spacial score (nSPS) is 16.0. The minimum atomic E-state index is -0.350. The number of aryl methyl sites for hydroxylation is 1. The van der Waals surface area contributed by atoms with Crippen LogP contribution in [-0.4, -0.2) is 28.6 Å². The number of amides is 1. The van der Waals surface area contributed by atoms with E-state index in [0.717, 1.165) is 29.0 Å². The van der Waals surface area contributed by atoms with E-state index in [1.54, 1.807) is 29.2 Å². The van der Waals surface area contributed by atoms with Gasteiger partial charge in [-0.2, -0.15) is 0 Å². The van der Waals surface area contributed by atoms with Crippen molar-refractivity contribution in [1.29, 1.82) is 0 Å². The van der Waals surface area contributed by atoms with Crippen LogP contribution in [0, 0.1) is 5.82 Å². The van der Waals surface area contributed by atoms with Crippen molar-refractivity contribution in [2.45, 2.75) is 25.3 Å². The van der Waals surface area contributed by atoms with Crippen LogP contribution in [0.1, 0.15) is 24.6 Å². The Labute approximate surface area is 196 Å². The van der Waals surface area contributed by atoms with Crippen molar-refractivity contribution in [1.82, 2.24) is 9.55 Å². The maximum absolute atomic E-state index is 13.7. The van der Waals surface area contributed by atoms with Crippen LogP contribution >= 0.6 is 11.6 Å². The van der Waals surface area contributed by atoms with Gasteiger partial charge in [-0.15, -0.1) is 0 Å². The van der Waals surface area contributed by atoms with Gasteiger partial charge in [0.05, 0.1) is 17.6 Å². The molecule has 1 unspecified atom stereocenters. The fourth-order valence-corrected chi connectivity index (χ4v) is 4.48. The van der Waals surface area contributed by atoms with Crippen LogP contribution in [0.25, 0.3) is 11.0 Å². The number of para-hydroxylation sites is 2. The van der Waals surface area contributed by atoms with E-state index in [4.69, 9.17) is 21.3 Å². The summed E-state index contributed by atoms with van der Waals surface area (Å²) in [6.07, 6.45) is 1.13. The first-order valence-corrected chi connectivity index (χ1v) is 11.4. The van der Waals surface area contributed by atoms with Gasteiger partial charge in [0.1, 0.15) is 17.4 Å². The lowest BCUT2D eigenvalue weighted by Gasteiger charge is -2.17. The number of carbonyl (C=O) groups excluding carboxylic acids is 1. The number of imidazole rings is 1. The Morgan fingerprint density at radius 3 is 2.70 bits per heavy atom. The van der Waals surface area contributed by atoms with Crippen LogP contribution in [0.2, 0.25) is 5.02 Å². The molecule has 5 nitrogen and oxygen atoms in total. The molecule has 2 heterocycles. The third-order valence-electron chi connectivity index (χ3n) is 5.90. The van der Waals surface area contributed by atoms with Crippen LogP contribution in [0.4, 0.5) is 10.1 Å². The van der Waals surface area contributed by atoms with Crippen molar-refractivity contribution in [3.63, 3.8) is 0 Å². The molecule has 1 fully saturated rings. The second kappa shape index (κ2) is 9.24. The maximum Gasteiger partial charge on any atom is 0.227 e. The minimum absolute atomic E-state index is 0.0183. The van der Waals surface area contributed by atoms with Crippen molar-refractivity contribution < 1.29 is 13.9 Å². The van der Waals surface area contributed by atoms with Gasteiger partial charge in [0.15, 0.2) is 0 Å². The molecule has 0 radical (unpaired) electrons. The summed E-state index contributed by atoms with van der Waals surface area (Å²) in [5.41, 5.74) is 2.53. The summed E-state index contributed by atoms with van der Waals surface area (Å²) in [5.74, 6) is 1.23. The molecule has 1 aromatic heterocycles. The Bertz CT molecular complexity index is 1290. The van der Waals surface area contributed by atoms with Gasteiger partial charge in [0.25, 0.3) is 0 Å². The van der Waals surface area contributed by atoms with Gasteiger partial charge in [0, 0.05) is 36.1 Å². The van der Waals surface area contributed by atoms with E-state index in [-0.39, 0.29) is 17.6 Å². The van der Waals surface area contributed by atoms with Crippen LogP contribution in [0.3, 0.4) is 0 Å². The summed E-state index contributed by atoms with van der Waals surface area (Å²) in [4.78, 5) is 19.3. The third kappa shape index (κ3) is 4.57. The number of nitrogens with zero attached hydrogens (tertiary/aromatic N) is 3. The topological polar surface area (TPSA) is 47.4 Å². The monoisotopic (exact) mass is 463 g/mol. The average molecular weight is 464 g/mol. The molecule has 7 heteroatoms. The zero-order valence-corrected chi connectivity index (χ0v) is 18.7. The smallest absolute Gasteiger partial charge is 0.227 e. The first kappa shape index (κ1) is 21.5. The first-order chi connectivity index (χ1) is 16.1. The van der Waals surface area contributed by atoms with E-state index in [1.807, 2.05) is 36.4 Å². The fraction of sp³-hybridized carbons (Fsp3) is 0.231. The van der Waals surface area contributed by atoms with Gasteiger partial charge in [0.2, 0.25) is 5.91 Å². The quantitative estimate of drug-likeness (QED) is 0.324. The largest absolute Gasteiger partial charge is 0.494 e. The summed E-state index contributed by atoms with van der Waals surface area (Å²) >= 11 is 5.93. The van der Waals surface area contributed by atoms with Gasteiger partial charge in [-0.05, 0) is 61.0 Å². The Morgan fingerprint density at radius 1 is 1.06 bits per heavy atom. The molecule has 0 saturated carbocycles. The predicted octanol–water partition coefficient (Wildman–Crippen LogP) is 5.82. The number of rotatable bonds is 7. The molecule has 1 amide bonds. The second-order valence-electron chi connectivity index (χ2n) is 8.15. The standard InChI is InChI=1S/C26H23ClFN3O2/c27-19-9-11-22(12-10-19)33-14-4-13-30-24-8-2-1-7-23(24)29-26(30)18-15-25(32)31(17-18)21-6-3-5-20(28)16-21/h1-3,5-12,16,18H,4,13-15,17H2. The molecule has 0 N–H and O–H groups in total. The van der Waals surface area contributed by atoms with Crippen molar-refractivity contribution in [2.75, 3.05) is 18.1 Å². The average Bonchev–Trinajstić information content (AvgIpc) is 3.38. The van der Waals surface area contributed by atoms with E-state index in [1.165, 1.54) is 12.1 Å². The Kier molecular flexibility index (Phi) is 6.01. The summed E-state index contributed by atoms with van der Waals surface area (Å²) in [6.45, 7) is 1.74. The zero-order valence-electron chi connectivity index (χ0n) is 18.0. The molecular weight excluding hydrogens is 441 g/mol. The first-order valence-electron chi connectivity index (χ1n) is 11.0. The minimum Gasteiger partial charge on any atom is -0.494 e. The molecule has 1 aliphatic rings. The Morgan fingerprint density at radius 2 is 1.88 bits per heavy atom. The number of anilines is 1. The van der Waals surface area contributed by atoms with Gasteiger partial charge < -0.3 is 14.2 Å². The van der Waals surface area contributed by atoms with Gasteiger partial charge in [-0.3, -0.25) is 4.79 Å². The lowest BCUT2D eigenvalue weighted by molar-refractivity contribution is -0.117. The van der Waals surface area contributed by atoms with E-state index in [2.05, 4.69) is 4.57 Å². The van der Waals surface area contributed by atoms with Crippen molar-refractivity contribution >= 4 is 34.2 Å². The van der Waals surface area contributed by atoms with Crippen molar-refractivity contribution in [2.24, 2.45) is 0 Å². The molecule has 33 heavy (non-hydrogen) atoms. The van der Waals surface area contributed by atoms with Crippen LogP contribution in [0.5, 0.6) is 5.75 Å². The summed E-state index contributed by atoms with van der Waals surface area (Å²) in [5, 5.41) is 0.676. The maximum atomic E-state index is 13.7. The van der Waals surface area contributed by atoms with Crippen LogP contribution in [-0.2, 0) is 11.3 Å². The molecule has 1 atom stereocenters. The highest BCUT2D eigenvalue weighted by Crippen LogP contribution is 2.33. The third-order valence-corrected chi connectivity index (χ3v) is 6.15. The number of aromatic nitrogens is 2. The molecule has 3 aromatic carbocycles.